The van der Waals surface area contributed by atoms with Gasteiger partial charge in [0.1, 0.15) is 9.92 Å². The Morgan fingerprint density at radius 2 is 2.04 bits per heavy atom. The molecule has 0 saturated heterocycles. The smallest absolute Gasteiger partial charge is 0.327 e. The number of anilines is 2. The number of benzene rings is 2. The number of allylic oxidation sites excluding steroid dienone is 1. The maximum Gasteiger partial charge on any atom is 0.327 e. The van der Waals surface area contributed by atoms with E-state index in [-0.39, 0.29) is 23.2 Å². The summed E-state index contributed by atoms with van der Waals surface area (Å²) in [4.78, 5) is 29.2. The van der Waals surface area contributed by atoms with E-state index < -0.39 is 21.9 Å². The van der Waals surface area contributed by atoms with Gasteiger partial charge in [-0.25, -0.2) is 9.00 Å². The Labute approximate surface area is 289 Å². The molecule has 48 heavy (non-hydrogen) atoms. The first-order valence-corrected chi connectivity index (χ1v) is 19.7. The van der Waals surface area contributed by atoms with Crippen LogP contribution in [0.5, 0.6) is 0 Å². The largest absolute Gasteiger partial charge is 0.382 e. The standard InChI is InChI=1S/C37H48ClN5O4S/c1-24-5-3-7-34(47-2)30-13-10-28(30)20-43-23-37(16-4-6-26-17-29(38)12-14-31(26)37)22-40-32-15-11-27(18-33(32)43)35(44)41-48(46,21-24)42-36(45)39-19-25-8-9-25/h3,7,11-12,14-15,17-18,24-25,28,30,34,40H,4-6,8-10,13,16,19-23H2,1-2H3,(H2,39,41,42,44,45,46)/b7-3-/t24-,28-,30+,34-,37+,48?/m0/s1. The van der Waals surface area contributed by atoms with Gasteiger partial charge in [0.25, 0.3) is 5.91 Å². The minimum atomic E-state index is -3.41. The van der Waals surface area contributed by atoms with Gasteiger partial charge in [-0.3, -0.25) is 9.52 Å². The van der Waals surface area contributed by atoms with Gasteiger partial charge in [-0.05, 0) is 116 Å². The molecule has 6 atom stereocenters. The number of halogens is 1. The summed E-state index contributed by atoms with van der Waals surface area (Å²) in [6.07, 6.45) is 12.4. The number of carbonyl (C=O) groups excluding carboxylic acids is 2. The van der Waals surface area contributed by atoms with Gasteiger partial charge in [-0.1, -0.05) is 36.7 Å². The van der Waals surface area contributed by atoms with Crippen LogP contribution >= 0.6 is 11.6 Å². The molecule has 2 aliphatic heterocycles. The number of methoxy groups -OCH3 is 1. The minimum absolute atomic E-state index is 0.0202. The Balaban J connectivity index is 1.28. The van der Waals surface area contributed by atoms with Crippen molar-refractivity contribution >= 4 is 44.8 Å². The number of ether oxygens (including phenoxy) is 1. The maximum atomic E-state index is 14.3. The molecular formula is C37H48ClN5O4S. The molecular weight excluding hydrogens is 646 g/mol. The fourth-order valence-electron chi connectivity index (χ4n) is 8.26. The summed E-state index contributed by atoms with van der Waals surface area (Å²) in [6.45, 7) is 4.91. The second-order valence-corrected chi connectivity index (χ2v) is 17.3. The second-order valence-electron chi connectivity index (χ2n) is 14.8. The topological polar surface area (TPSA) is 112 Å². The molecule has 2 heterocycles. The molecule has 11 heteroatoms. The van der Waals surface area contributed by atoms with E-state index in [1.54, 1.807) is 13.2 Å². The van der Waals surface area contributed by atoms with Crippen molar-refractivity contribution in [3.8, 4) is 0 Å². The minimum Gasteiger partial charge on any atom is -0.382 e. The van der Waals surface area contributed by atoms with E-state index in [4.69, 9.17) is 16.3 Å². The third-order valence-corrected chi connectivity index (χ3v) is 13.4. The van der Waals surface area contributed by atoms with E-state index in [1.165, 1.54) is 11.1 Å². The number of amides is 3. The van der Waals surface area contributed by atoms with Gasteiger partial charge in [0, 0.05) is 49.3 Å². The van der Waals surface area contributed by atoms with E-state index in [2.05, 4.69) is 48.9 Å². The maximum absolute atomic E-state index is 14.3. The highest BCUT2D eigenvalue weighted by Gasteiger charge is 2.43. The van der Waals surface area contributed by atoms with Crippen LogP contribution in [0.4, 0.5) is 16.2 Å². The number of fused-ring (bicyclic) bond motifs is 4. The average molecular weight is 694 g/mol. The van der Waals surface area contributed by atoms with Gasteiger partial charge < -0.3 is 20.3 Å². The summed E-state index contributed by atoms with van der Waals surface area (Å²) >= 11 is 6.46. The lowest BCUT2D eigenvalue weighted by atomic mass is 9.68. The molecule has 7 rings (SSSR count). The zero-order valence-electron chi connectivity index (χ0n) is 28.0. The van der Waals surface area contributed by atoms with Crippen molar-refractivity contribution in [3.63, 3.8) is 0 Å². The van der Waals surface area contributed by atoms with E-state index in [1.807, 2.05) is 25.1 Å². The number of nitrogens with one attached hydrogen (secondary N) is 3. The van der Waals surface area contributed by atoms with Crippen molar-refractivity contribution < 1.29 is 18.5 Å². The van der Waals surface area contributed by atoms with Gasteiger partial charge in [0.05, 0.1) is 23.2 Å². The van der Waals surface area contributed by atoms with E-state index in [0.717, 1.165) is 81.0 Å². The van der Waals surface area contributed by atoms with Crippen molar-refractivity contribution in [1.82, 2.24) is 10.0 Å². The molecule has 9 nitrogen and oxygen atoms in total. The van der Waals surface area contributed by atoms with Crippen molar-refractivity contribution in [2.75, 3.05) is 49.3 Å². The number of aryl methyl sites for hydroxylation is 1. The lowest BCUT2D eigenvalue weighted by molar-refractivity contribution is 0.0132. The SMILES string of the molecule is CO[C@H]1/C=C\C[C@H](C)CS(=O)(NC(=O)NCC2CC2)=NC(=O)c2ccc3c(c2)N(C[C@@H]2CC[C@H]21)C[C@@]1(CCCc2cc(Cl)ccc21)CN3. The predicted octanol–water partition coefficient (Wildman–Crippen LogP) is 6.72. The highest BCUT2D eigenvalue weighted by Crippen LogP contribution is 2.46. The summed E-state index contributed by atoms with van der Waals surface area (Å²) in [5.74, 6) is 0.664. The Morgan fingerprint density at radius 3 is 2.81 bits per heavy atom. The Kier molecular flexibility index (Phi) is 9.52. The van der Waals surface area contributed by atoms with Crippen molar-refractivity contribution in [2.24, 2.45) is 28.0 Å². The molecule has 0 radical (unpaired) electrons. The van der Waals surface area contributed by atoms with Crippen LogP contribution in [0.15, 0.2) is 52.9 Å². The highest BCUT2D eigenvalue weighted by atomic mass is 35.5. The first kappa shape index (κ1) is 33.4. The third-order valence-electron chi connectivity index (χ3n) is 11.2. The van der Waals surface area contributed by atoms with Crippen LogP contribution < -0.4 is 20.3 Å². The number of urea groups is 1. The zero-order chi connectivity index (χ0) is 33.5. The second kappa shape index (κ2) is 13.7. The lowest BCUT2D eigenvalue weighted by Gasteiger charge is -2.46. The van der Waals surface area contributed by atoms with Crippen LogP contribution in [-0.2, 0) is 26.5 Å². The van der Waals surface area contributed by atoms with Crippen LogP contribution in [0.1, 0.15) is 73.4 Å². The number of carbonyl (C=O) groups is 2. The number of nitrogens with zero attached hydrogens (tertiary/aromatic N) is 2. The molecule has 1 unspecified atom stereocenters. The molecule has 258 valence electrons. The van der Waals surface area contributed by atoms with Crippen LogP contribution in [-0.4, -0.2) is 61.3 Å². The molecule has 5 aliphatic rings. The normalized spacial score (nSPS) is 32.4. The lowest BCUT2D eigenvalue weighted by Crippen LogP contribution is -2.49. The number of hydrogen-bond donors (Lipinski definition) is 3. The third kappa shape index (κ3) is 7.12. The Morgan fingerprint density at radius 1 is 1.19 bits per heavy atom. The van der Waals surface area contributed by atoms with Gasteiger partial charge >= 0.3 is 6.03 Å². The first-order valence-electron chi connectivity index (χ1n) is 17.6. The molecule has 2 fully saturated rings. The van der Waals surface area contributed by atoms with E-state index in [9.17, 15) is 13.8 Å². The number of rotatable bonds is 4. The van der Waals surface area contributed by atoms with Crippen LogP contribution in [0.2, 0.25) is 5.02 Å². The molecule has 2 saturated carbocycles. The van der Waals surface area contributed by atoms with Gasteiger partial charge in [-0.15, -0.1) is 4.36 Å². The van der Waals surface area contributed by atoms with Gasteiger partial charge in [0.15, 0.2) is 0 Å². The van der Waals surface area contributed by atoms with Gasteiger partial charge in [0.2, 0.25) is 0 Å². The van der Waals surface area contributed by atoms with Crippen molar-refractivity contribution in [3.05, 3.63) is 70.3 Å². The fourth-order valence-corrected chi connectivity index (χ4v) is 10.3. The van der Waals surface area contributed by atoms with Crippen molar-refractivity contribution in [2.45, 2.75) is 69.8 Å². The molecule has 2 aromatic carbocycles. The summed E-state index contributed by atoms with van der Waals surface area (Å²) in [5.41, 5.74) is 4.81. The quantitative estimate of drug-likeness (QED) is 0.307. The zero-order valence-corrected chi connectivity index (χ0v) is 29.6. The summed E-state index contributed by atoms with van der Waals surface area (Å²) < 4.78 is 27.2. The Bertz CT molecular complexity index is 1720. The monoisotopic (exact) mass is 693 g/mol. The predicted molar refractivity (Wildman–Crippen MR) is 192 cm³/mol. The Hall–Kier alpha value is -3.08. The average Bonchev–Trinajstić information content (AvgIpc) is 3.88. The molecule has 3 amide bonds. The molecule has 0 aromatic heterocycles. The van der Waals surface area contributed by atoms with E-state index in [0.29, 0.717) is 36.3 Å². The first-order chi connectivity index (χ1) is 23.1. The van der Waals surface area contributed by atoms with Crippen molar-refractivity contribution in [1.29, 1.82) is 0 Å². The van der Waals surface area contributed by atoms with Crippen LogP contribution in [0.25, 0.3) is 0 Å². The van der Waals surface area contributed by atoms with Gasteiger partial charge in [-0.2, -0.15) is 0 Å². The van der Waals surface area contributed by atoms with Crippen LogP contribution in [0, 0.1) is 23.7 Å². The summed E-state index contributed by atoms with van der Waals surface area (Å²) in [6, 6.07) is 11.4. The molecule has 2 bridgehead atoms. The van der Waals surface area contributed by atoms with E-state index >= 15 is 0 Å². The molecule has 3 N–H and O–H groups in total. The number of hydrogen-bond acceptors (Lipinski definition) is 6. The molecule has 3 aliphatic carbocycles. The fraction of sp³-hybridized carbons (Fsp3) is 0.568. The molecule has 1 spiro atoms. The summed E-state index contributed by atoms with van der Waals surface area (Å²) in [5, 5.41) is 7.36. The summed E-state index contributed by atoms with van der Waals surface area (Å²) in [7, 11) is -1.63. The van der Waals surface area contributed by atoms with Crippen LogP contribution in [0.3, 0.4) is 0 Å². The molecule has 2 aromatic rings. The highest BCUT2D eigenvalue weighted by molar-refractivity contribution is 7.92.